The van der Waals surface area contributed by atoms with E-state index >= 15 is 0 Å². The van der Waals surface area contributed by atoms with Crippen LogP contribution in [0.3, 0.4) is 0 Å². The van der Waals surface area contributed by atoms with Gasteiger partial charge in [0.05, 0.1) is 12.1 Å². The summed E-state index contributed by atoms with van der Waals surface area (Å²) in [6, 6.07) is 6.54. The maximum Gasteiger partial charge on any atom is 0.410 e. The van der Waals surface area contributed by atoms with Gasteiger partial charge in [0.25, 0.3) is 0 Å². The molecule has 2 aliphatic heterocycles. The van der Waals surface area contributed by atoms with E-state index in [0.717, 1.165) is 36.3 Å². The molecule has 1 amide bonds. The van der Waals surface area contributed by atoms with E-state index in [1.54, 1.807) is 4.90 Å². The van der Waals surface area contributed by atoms with Crippen LogP contribution in [0.5, 0.6) is 5.75 Å². The zero-order chi connectivity index (χ0) is 25.2. The van der Waals surface area contributed by atoms with Gasteiger partial charge in [-0.1, -0.05) is 6.07 Å². The first-order valence-electron chi connectivity index (χ1n) is 12.3. The Bertz CT molecular complexity index is 1110. The predicted molar refractivity (Wildman–Crippen MR) is 137 cm³/mol. The number of likely N-dealkylation sites (tertiary alicyclic amines) is 1. The Hall–Kier alpha value is -3.36. The topological polar surface area (TPSA) is 105 Å². The van der Waals surface area contributed by atoms with Gasteiger partial charge in [0.1, 0.15) is 35.8 Å². The van der Waals surface area contributed by atoms with Crippen molar-refractivity contribution in [1.29, 1.82) is 5.41 Å². The molecule has 2 aliphatic rings. The van der Waals surface area contributed by atoms with Crippen molar-refractivity contribution in [3.8, 4) is 17.1 Å². The number of carbonyl (C=O) groups is 1. The van der Waals surface area contributed by atoms with E-state index in [0.29, 0.717) is 43.7 Å². The second-order valence-corrected chi connectivity index (χ2v) is 10.4. The zero-order valence-corrected chi connectivity index (χ0v) is 21.3. The third-order valence-corrected chi connectivity index (χ3v) is 6.09. The largest absolute Gasteiger partial charge is 0.491 e. The number of amides is 1. The molecule has 1 saturated heterocycles. The number of rotatable bonds is 4. The molecular weight excluding hydrogens is 444 g/mol. The summed E-state index contributed by atoms with van der Waals surface area (Å²) in [6.07, 6.45) is 4.54. The van der Waals surface area contributed by atoms with Crippen molar-refractivity contribution in [2.75, 3.05) is 19.7 Å². The molecule has 9 nitrogen and oxygen atoms in total. The number of imidazole rings is 1. The van der Waals surface area contributed by atoms with Crippen molar-refractivity contribution < 1.29 is 14.3 Å². The molecule has 35 heavy (non-hydrogen) atoms. The molecule has 0 aliphatic carbocycles. The first-order valence-corrected chi connectivity index (χ1v) is 12.3. The van der Waals surface area contributed by atoms with Crippen LogP contribution < -0.4 is 10.1 Å². The molecule has 0 unspecified atom stereocenters. The van der Waals surface area contributed by atoms with Crippen LogP contribution in [0, 0.1) is 5.41 Å². The van der Waals surface area contributed by atoms with Crippen LogP contribution in [-0.2, 0) is 11.3 Å². The minimum atomic E-state index is -0.481. The molecule has 2 aromatic rings. The number of hydrogen-bond donors (Lipinski definition) is 2. The van der Waals surface area contributed by atoms with Gasteiger partial charge in [-0.25, -0.2) is 14.8 Å². The van der Waals surface area contributed by atoms with E-state index in [1.807, 2.05) is 40.8 Å². The van der Waals surface area contributed by atoms with Crippen LogP contribution in [0.4, 0.5) is 4.79 Å². The Kier molecular flexibility index (Phi) is 7.14. The Morgan fingerprint density at radius 1 is 1.29 bits per heavy atom. The lowest BCUT2D eigenvalue weighted by atomic mass is 9.89. The highest BCUT2D eigenvalue weighted by Gasteiger charge is 2.28. The summed E-state index contributed by atoms with van der Waals surface area (Å²) in [5.41, 5.74) is 2.40. The fraction of sp³-hybridized carbons (Fsp3) is 0.538. The molecule has 9 heteroatoms. The van der Waals surface area contributed by atoms with E-state index < -0.39 is 5.60 Å². The van der Waals surface area contributed by atoms with E-state index in [2.05, 4.69) is 33.1 Å². The number of nitrogens with one attached hydrogen (secondary N) is 2. The second kappa shape index (κ2) is 10.1. The van der Waals surface area contributed by atoms with E-state index in [9.17, 15) is 4.79 Å². The minimum absolute atomic E-state index is 0.176. The summed E-state index contributed by atoms with van der Waals surface area (Å²) >= 11 is 0. The summed E-state index contributed by atoms with van der Waals surface area (Å²) in [6.45, 7) is 12.3. The Balaban J connectivity index is 1.52. The smallest absolute Gasteiger partial charge is 0.410 e. The second-order valence-electron chi connectivity index (χ2n) is 10.4. The Morgan fingerprint density at radius 2 is 2.03 bits per heavy atom. The molecule has 1 aromatic heterocycles. The van der Waals surface area contributed by atoms with Crippen molar-refractivity contribution in [2.45, 2.75) is 71.6 Å². The highest BCUT2D eigenvalue weighted by molar-refractivity contribution is 6.01. The van der Waals surface area contributed by atoms with Crippen LogP contribution in [0.2, 0.25) is 0 Å². The molecule has 0 spiro atoms. The SMILES string of the molecule is CC(C)N/C(=N\C=N)c1cn2c(n1)-c1ccc(C3CCN(C(=O)OC(C)(C)C)CC3)cc1OCC2. The van der Waals surface area contributed by atoms with Gasteiger partial charge in [-0.3, -0.25) is 5.41 Å². The summed E-state index contributed by atoms with van der Waals surface area (Å²) in [5.74, 6) is 2.62. The van der Waals surface area contributed by atoms with E-state index in [1.165, 1.54) is 5.56 Å². The number of fused-ring (bicyclic) bond motifs is 3. The van der Waals surface area contributed by atoms with Crippen LogP contribution in [0.15, 0.2) is 29.4 Å². The van der Waals surface area contributed by atoms with Crippen LogP contribution in [0.1, 0.15) is 64.6 Å². The molecule has 0 saturated carbocycles. The highest BCUT2D eigenvalue weighted by atomic mass is 16.6. The monoisotopic (exact) mass is 480 g/mol. The van der Waals surface area contributed by atoms with Crippen molar-refractivity contribution in [1.82, 2.24) is 19.8 Å². The van der Waals surface area contributed by atoms with Gasteiger partial charge in [0.15, 0.2) is 5.84 Å². The number of ether oxygens (including phenoxy) is 2. The quantitative estimate of drug-likeness (QED) is 0.498. The maximum absolute atomic E-state index is 12.4. The molecule has 0 radical (unpaired) electrons. The summed E-state index contributed by atoms with van der Waals surface area (Å²) in [7, 11) is 0. The number of benzene rings is 1. The zero-order valence-electron chi connectivity index (χ0n) is 21.3. The molecule has 0 atom stereocenters. The van der Waals surface area contributed by atoms with Gasteiger partial charge in [0, 0.05) is 25.3 Å². The number of piperidine rings is 1. The molecular formula is C26H36N6O3. The van der Waals surface area contributed by atoms with Crippen molar-refractivity contribution in [3.63, 3.8) is 0 Å². The predicted octanol–water partition coefficient (Wildman–Crippen LogP) is 4.41. The molecule has 3 heterocycles. The van der Waals surface area contributed by atoms with Gasteiger partial charge in [-0.05, 0) is 71.1 Å². The van der Waals surface area contributed by atoms with Gasteiger partial charge in [-0.2, -0.15) is 0 Å². The van der Waals surface area contributed by atoms with Crippen LogP contribution >= 0.6 is 0 Å². The average Bonchev–Trinajstić information content (AvgIpc) is 3.14. The van der Waals surface area contributed by atoms with Gasteiger partial charge < -0.3 is 24.3 Å². The van der Waals surface area contributed by atoms with E-state index in [4.69, 9.17) is 19.9 Å². The molecule has 2 N–H and O–H groups in total. The maximum atomic E-state index is 12.4. The van der Waals surface area contributed by atoms with Crippen molar-refractivity contribution in [2.24, 2.45) is 4.99 Å². The fourth-order valence-corrected chi connectivity index (χ4v) is 4.50. The number of amidine groups is 1. The fourth-order valence-electron chi connectivity index (χ4n) is 4.50. The normalized spacial score (nSPS) is 16.7. The molecule has 1 aromatic carbocycles. The summed E-state index contributed by atoms with van der Waals surface area (Å²) in [5, 5.41) is 10.7. The van der Waals surface area contributed by atoms with Gasteiger partial charge in [-0.15, -0.1) is 0 Å². The molecule has 0 bridgehead atoms. The first kappa shape index (κ1) is 24.8. The molecule has 4 rings (SSSR count). The standard InChI is InChI=1S/C26H36N6O3/c1-17(2)29-23(28-16-27)21-15-32-12-13-34-22-14-19(6-7-20(22)24(32)30-21)18-8-10-31(11-9-18)25(33)35-26(3,4)5/h6-7,14-18H,8-13H2,1-5H3,(H2,27,28,29). The van der Waals surface area contributed by atoms with Gasteiger partial charge >= 0.3 is 6.09 Å². The third-order valence-electron chi connectivity index (χ3n) is 6.09. The van der Waals surface area contributed by atoms with Gasteiger partial charge in [0.2, 0.25) is 0 Å². The first-order chi connectivity index (χ1) is 16.6. The summed E-state index contributed by atoms with van der Waals surface area (Å²) < 4.78 is 13.7. The third kappa shape index (κ3) is 5.83. The highest BCUT2D eigenvalue weighted by Crippen LogP contribution is 2.37. The lowest BCUT2D eigenvalue weighted by Crippen LogP contribution is -2.41. The van der Waals surface area contributed by atoms with Crippen LogP contribution in [-0.4, -0.2) is 64.1 Å². The average molecular weight is 481 g/mol. The number of aromatic nitrogens is 2. The lowest BCUT2D eigenvalue weighted by molar-refractivity contribution is 0.0204. The molecule has 1 fully saturated rings. The summed E-state index contributed by atoms with van der Waals surface area (Å²) in [4.78, 5) is 23.2. The minimum Gasteiger partial charge on any atom is -0.491 e. The number of nitrogens with zero attached hydrogens (tertiary/aromatic N) is 4. The Labute approximate surface area is 207 Å². The van der Waals surface area contributed by atoms with Crippen molar-refractivity contribution in [3.05, 3.63) is 35.7 Å². The molecule has 188 valence electrons. The lowest BCUT2D eigenvalue weighted by Gasteiger charge is -2.33. The van der Waals surface area contributed by atoms with E-state index in [-0.39, 0.29) is 12.1 Å². The van der Waals surface area contributed by atoms with Crippen molar-refractivity contribution >= 4 is 18.3 Å². The van der Waals surface area contributed by atoms with Crippen LogP contribution in [0.25, 0.3) is 11.4 Å². The number of hydrogen-bond acceptors (Lipinski definition) is 5. The Morgan fingerprint density at radius 3 is 2.69 bits per heavy atom. The number of aliphatic imine (C=N–C) groups is 1. The number of carbonyl (C=O) groups excluding carboxylic acids is 1.